The van der Waals surface area contributed by atoms with Crippen LogP contribution >= 0.6 is 0 Å². The zero-order chi connectivity index (χ0) is 12.0. The summed E-state index contributed by atoms with van der Waals surface area (Å²) in [5, 5.41) is 0. The van der Waals surface area contributed by atoms with Crippen LogP contribution in [0.5, 0.6) is 0 Å². The fraction of sp³-hybridized carbons (Fsp3) is 0.600. The number of hydrogen-bond donors (Lipinski definition) is 0. The monoisotopic (exact) mass is 230 g/mol. The lowest BCUT2D eigenvalue weighted by Crippen LogP contribution is -2.45. The minimum atomic E-state index is -1.10. The first kappa shape index (κ1) is 12.7. The van der Waals surface area contributed by atoms with Crippen LogP contribution in [0.2, 0.25) is 0 Å². The van der Waals surface area contributed by atoms with Crippen LogP contribution in [-0.4, -0.2) is 44.2 Å². The molecule has 0 spiro atoms. The maximum Gasteiger partial charge on any atom is 0.346 e. The van der Waals surface area contributed by atoms with Gasteiger partial charge in [0.05, 0.1) is 13.2 Å². The molecule has 0 bridgehead atoms. The SMILES string of the molecule is C=CC(=O)OCC(=O)OC1(C)COCCO1. The van der Waals surface area contributed by atoms with Crippen molar-refractivity contribution in [1.82, 2.24) is 0 Å². The van der Waals surface area contributed by atoms with Crippen LogP contribution in [0.25, 0.3) is 0 Å². The molecular formula is C10H14O6. The average Bonchev–Trinajstić information content (AvgIpc) is 2.26. The third-order valence-electron chi connectivity index (χ3n) is 1.83. The number of esters is 2. The van der Waals surface area contributed by atoms with Gasteiger partial charge in [-0.05, 0) is 0 Å². The first-order chi connectivity index (χ1) is 7.56. The summed E-state index contributed by atoms with van der Waals surface area (Å²) in [5.74, 6) is -2.47. The van der Waals surface area contributed by atoms with Crippen molar-refractivity contribution in [3.8, 4) is 0 Å². The van der Waals surface area contributed by atoms with Gasteiger partial charge in [-0.15, -0.1) is 0 Å². The van der Waals surface area contributed by atoms with Gasteiger partial charge in [-0.25, -0.2) is 9.59 Å². The summed E-state index contributed by atoms with van der Waals surface area (Å²) in [7, 11) is 0. The maximum absolute atomic E-state index is 11.3. The van der Waals surface area contributed by atoms with Gasteiger partial charge in [-0.1, -0.05) is 6.58 Å². The summed E-state index contributed by atoms with van der Waals surface area (Å²) in [6.45, 7) is 5.30. The number of rotatable bonds is 4. The Hall–Kier alpha value is -1.40. The second-order valence-electron chi connectivity index (χ2n) is 3.32. The van der Waals surface area contributed by atoms with Gasteiger partial charge in [0.15, 0.2) is 6.61 Å². The number of carbonyl (C=O) groups excluding carboxylic acids is 2. The number of hydrogen-bond acceptors (Lipinski definition) is 6. The van der Waals surface area contributed by atoms with Gasteiger partial charge in [0, 0.05) is 13.0 Å². The quantitative estimate of drug-likeness (QED) is 0.501. The third-order valence-corrected chi connectivity index (χ3v) is 1.83. The molecule has 6 heteroatoms. The van der Waals surface area contributed by atoms with Crippen LogP contribution in [-0.2, 0) is 28.5 Å². The molecule has 1 heterocycles. The van der Waals surface area contributed by atoms with E-state index in [0.717, 1.165) is 6.08 Å². The Labute approximate surface area is 93.1 Å². The average molecular weight is 230 g/mol. The summed E-state index contributed by atoms with van der Waals surface area (Å²) < 4.78 is 19.8. The Morgan fingerprint density at radius 2 is 2.25 bits per heavy atom. The molecule has 1 aliphatic rings. The summed E-state index contributed by atoms with van der Waals surface area (Å²) in [4.78, 5) is 22.0. The highest BCUT2D eigenvalue weighted by Gasteiger charge is 2.33. The Bertz CT molecular complexity index is 279. The molecule has 1 saturated heterocycles. The van der Waals surface area contributed by atoms with Crippen molar-refractivity contribution in [2.45, 2.75) is 12.7 Å². The predicted molar refractivity (Wildman–Crippen MR) is 52.4 cm³/mol. The normalized spacial score (nSPS) is 24.6. The minimum absolute atomic E-state index is 0.161. The van der Waals surface area contributed by atoms with E-state index in [1.807, 2.05) is 0 Å². The highest BCUT2D eigenvalue weighted by Crippen LogP contribution is 2.16. The van der Waals surface area contributed by atoms with Crippen molar-refractivity contribution < 1.29 is 28.5 Å². The van der Waals surface area contributed by atoms with Crippen LogP contribution in [0.3, 0.4) is 0 Å². The summed E-state index contributed by atoms with van der Waals surface area (Å²) in [6, 6.07) is 0. The summed E-state index contributed by atoms with van der Waals surface area (Å²) in [5.41, 5.74) is 0. The van der Waals surface area contributed by atoms with Gasteiger partial charge < -0.3 is 18.9 Å². The first-order valence-corrected chi connectivity index (χ1v) is 4.78. The largest absolute Gasteiger partial charge is 0.451 e. The van der Waals surface area contributed by atoms with Crippen molar-refractivity contribution in [2.75, 3.05) is 26.4 Å². The van der Waals surface area contributed by atoms with Crippen molar-refractivity contribution in [2.24, 2.45) is 0 Å². The lowest BCUT2D eigenvalue weighted by Gasteiger charge is -2.32. The summed E-state index contributed by atoms with van der Waals surface area (Å²) >= 11 is 0. The predicted octanol–water partition coefficient (Wildman–Crippen LogP) is 0.0218. The molecule has 1 rings (SSSR count). The minimum Gasteiger partial charge on any atom is -0.451 e. The van der Waals surface area contributed by atoms with Gasteiger partial charge in [0.1, 0.15) is 6.61 Å². The molecule has 0 saturated carbocycles. The molecule has 16 heavy (non-hydrogen) atoms. The lowest BCUT2D eigenvalue weighted by molar-refractivity contribution is -0.272. The van der Waals surface area contributed by atoms with E-state index in [2.05, 4.69) is 11.3 Å². The van der Waals surface area contributed by atoms with Crippen LogP contribution < -0.4 is 0 Å². The van der Waals surface area contributed by atoms with Crippen LogP contribution in [0.15, 0.2) is 12.7 Å². The van der Waals surface area contributed by atoms with E-state index in [0.29, 0.717) is 13.2 Å². The molecule has 1 aliphatic heterocycles. The molecule has 1 unspecified atom stereocenters. The van der Waals surface area contributed by atoms with Crippen molar-refractivity contribution in [3.63, 3.8) is 0 Å². The van der Waals surface area contributed by atoms with E-state index in [1.165, 1.54) is 0 Å². The van der Waals surface area contributed by atoms with Gasteiger partial charge in [0.2, 0.25) is 5.79 Å². The molecule has 90 valence electrons. The fourth-order valence-corrected chi connectivity index (χ4v) is 1.13. The Kier molecular flexibility index (Phi) is 4.45. The molecule has 1 atom stereocenters. The first-order valence-electron chi connectivity index (χ1n) is 4.78. The second-order valence-corrected chi connectivity index (χ2v) is 3.32. The summed E-state index contributed by atoms with van der Waals surface area (Å²) in [6.07, 6.45) is 0.967. The van der Waals surface area contributed by atoms with Crippen LogP contribution in [0.4, 0.5) is 0 Å². The second kappa shape index (κ2) is 5.62. The highest BCUT2D eigenvalue weighted by atomic mass is 16.7. The maximum atomic E-state index is 11.3. The molecule has 0 amide bonds. The Morgan fingerprint density at radius 1 is 1.50 bits per heavy atom. The molecule has 0 aromatic heterocycles. The van der Waals surface area contributed by atoms with Gasteiger partial charge >= 0.3 is 11.9 Å². The van der Waals surface area contributed by atoms with Crippen LogP contribution in [0.1, 0.15) is 6.92 Å². The molecule has 0 radical (unpaired) electrons. The van der Waals surface area contributed by atoms with E-state index in [1.54, 1.807) is 6.92 Å². The number of carbonyl (C=O) groups is 2. The standard InChI is InChI=1S/C10H14O6/c1-3-8(11)14-6-9(12)16-10(2)7-13-4-5-15-10/h3H,1,4-7H2,2H3. The van der Waals surface area contributed by atoms with E-state index in [4.69, 9.17) is 14.2 Å². The zero-order valence-electron chi connectivity index (χ0n) is 9.06. The molecule has 0 aromatic rings. The van der Waals surface area contributed by atoms with E-state index < -0.39 is 24.3 Å². The number of ether oxygens (including phenoxy) is 4. The molecule has 0 aromatic carbocycles. The van der Waals surface area contributed by atoms with Gasteiger partial charge in [-0.2, -0.15) is 0 Å². The Balaban J connectivity index is 2.32. The van der Waals surface area contributed by atoms with E-state index in [9.17, 15) is 9.59 Å². The molecule has 0 N–H and O–H groups in total. The molecule has 1 fully saturated rings. The van der Waals surface area contributed by atoms with Crippen molar-refractivity contribution in [3.05, 3.63) is 12.7 Å². The molecular weight excluding hydrogens is 216 g/mol. The smallest absolute Gasteiger partial charge is 0.346 e. The molecule has 0 aliphatic carbocycles. The topological polar surface area (TPSA) is 71.1 Å². The van der Waals surface area contributed by atoms with E-state index in [-0.39, 0.29) is 6.61 Å². The fourth-order valence-electron chi connectivity index (χ4n) is 1.13. The third kappa shape index (κ3) is 4.00. The Morgan fingerprint density at radius 3 is 2.81 bits per heavy atom. The van der Waals surface area contributed by atoms with Crippen molar-refractivity contribution >= 4 is 11.9 Å². The van der Waals surface area contributed by atoms with Crippen molar-refractivity contribution in [1.29, 1.82) is 0 Å². The van der Waals surface area contributed by atoms with E-state index >= 15 is 0 Å². The highest BCUT2D eigenvalue weighted by molar-refractivity contribution is 5.83. The van der Waals surface area contributed by atoms with Gasteiger partial charge in [0.25, 0.3) is 0 Å². The van der Waals surface area contributed by atoms with Gasteiger partial charge in [-0.3, -0.25) is 0 Å². The lowest BCUT2D eigenvalue weighted by atomic mass is 10.3. The van der Waals surface area contributed by atoms with Crippen LogP contribution in [0, 0.1) is 0 Å². The molecule has 6 nitrogen and oxygen atoms in total. The zero-order valence-corrected chi connectivity index (χ0v) is 9.06.